The maximum Gasteiger partial charge on any atom is 0.331 e. The summed E-state index contributed by atoms with van der Waals surface area (Å²) >= 11 is 3.41. The van der Waals surface area contributed by atoms with Crippen LogP contribution in [0.4, 0.5) is 0 Å². The number of carbonyl (C=O) groups excluding carboxylic acids is 2. The fraction of sp³-hybridized carbons (Fsp3) is 0.500. The molecule has 0 bridgehead atoms. The third-order valence-electron chi connectivity index (χ3n) is 5.13. The largest absolute Gasteiger partial charge is 0.331 e. The lowest BCUT2D eigenvalue weighted by molar-refractivity contribution is -0.141. The van der Waals surface area contributed by atoms with Crippen LogP contribution in [0, 0.1) is 0 Å². The molecule has 2 aromatic heterocycles. The third kappa shape index (κ3) is 5.53. The van der Waals surface area contributed by atoms with Gasteiger partial charge in [0.2, 0.25) is 0 Å². The standard InChI is InChI=1S/C24H32N2O4S2/c1-9-17-19(11-3)23(31-21(17)13(5)25-29-15(7)27)24-20(12-4)18(10-2)22(32-24)14(6)26-30-16(8)28/h9-12H2,1-8H3/b25-13-,26-14+. The minimum absolute atomic E-state index is 0.429. The van der Waals surface area contributed by atoms with Crippen molar-refractivity contribution in [2.45, 2.75) is 81.1 Å². The first-order chi connectivity index (χ1) is 15.2. The summed E-state index contributed by atoms with van der Waals surface area (Å²) in [5.74, 6) is -0.859. The lowest BCUT2D eigenvalue weighted by Crippen LogP contribution is -2.01. The summed E-state index contributed by atoms with van der Waals surface area (Å²) in [6.07, 6.45) is 3.53. The van der Waals surface area contributed by atoms with Crippen LogP contribution in [0.15, 0.2) is 10.3 Å². The second kappa shape index (κ2) is 11.5. The molecule has 0 aromatic carbocycles. The van der Waals surface area contributed by atoms with Crippen LogP contribution in [0.1, 0.15) is 87.4 Å². The van der Waals surface area contributed by atoms with E-state index in [4.69, 9.17) is 9.68 Å². The number of carbonyl (C=O) groups is 2. The molecular formula is C24H32N2O4S2. The molecule has 0 atom stereocenters. The van der Waals surface area contributed by atoms with Crippen molar-refractivity contribution in [2.75, 3.05) is 0 Å². The van der Waals surface area contributed by atoms with Crippen LogP contribution in [0.5, 0.6) is 0 Å². The van der Waals surface area contributed by atoms with Gasteiger partial charge >= 0.3 is 11.9 Å². The summed E-state index contributed by atoms with van der Waals surface area (Å²) in [6.45, 7) is 15.1. The Balaban J connectivity index is 2.74. The van der Waals surface area contributed by atoms with E-state index in [1.165, 1.54) is 45.9 Å². The average molecular weight is 477 g/mol. The molecular weight excluding hydrogens is 444 g/mol. The molecule has 6 nitrogen and oxygen atoms in total. The first-order valence-corrected chi connectivity index (χ1v) is 12.6. The quantitative estimate of drug-likeness (QED) is 0.242. The predicted octanol–water partition coefficient (Wildman–Crippen LogP) is 6.30. The molecule has 0 aliphatic carbocycles. The molecule has 0 saturated heterocycles. The van der Waals surface area contributed by atoms with Gasteiger partial charge < -0.3 is 9.68 Å². The molecule has 32 heavy (non-hydrogen) atoms. The highest BCUT2D eigenvalue weighted by Crippen LogP contribution is 2.45. The van der Waals surface area contributed by atoms with E-state index >= 15 is 0 Å². The van der Waals surface area contributed by atoms with E-state index < -0.39 is 11.9 Å². The molecule has 2 aromatic rings. The Morgan fingerprint density at radius 2 is 0.938 bits per heavy atom. The van der Waals surface area contributed by atoms with Crippen LogP contribution in [0.25, 0.3) is 9.75 Å². The van der Waals surface area contributed by atoms with Crippen molar-refractivity contribution in [1.29, 1.82) is 0 Å². The molecule has 0 spiro atoms. The minimum Gasteiger partial charge on any atom is -0.318 e. The highest BCUT2D eigenvalue weighted by atomic mass is 32.1. The van der Waals surface area contributed by atoms with Crippen LogP contribution in [-0.2, 0) is 44.9 Å². The first kappa shape index (κ1) is 25.9. The molecule has 0 fully saturated rings. The molecule has 2 heterocycles. The van der Waals surface area contributed by atoms with Crippen LogP contribution in [0.3, 0.4) is 0 Å². The second-order valence-electron chi connectivity index (χ2n) is 7.37. The van der Waals surface area contributed by atoms with Crippen LogP contribution in [-0.4, -0.2) is 23.4 Å². The number of nitrogens with zero attached hydrogens (tertiary/aromatic N) is 2. The Hall–Kier alpha value is -2.32. The molecule has 0 unspecified atom stereocenters. The van der Waals surface area contributed by atoms with Crippen molar-refractivity contribution in [3.05, 3.63) is 32.0 Å². The Labute approximate surface area is 198 Å². The molecule has 0 amide bonds. The van der Waals surface area contributed by atoms with Crippen molar-refractivity contribution >= 4 is 46.0 Å². The summed E-state index contributed by atoms with van der Waals surface area (Å²) in [5, 5.41) is 8.10. The van der Waals surface area contributed by atoms with Gasteiger partial charge in [0.1, 0.15) is 0 Å². The molecule has 174 valence electrons. The molecule has 0 aliphatic rings. The Morgan fingerprint density at radius 1 is 0.625 bits per heavy atom. The van der Waals surface area contributed by atoms with E-state index in [2.05, 4.69) is 38.0 Å². The van der Waals surface area contributed by atoms with Gasteiger partial charge in [-0.05, 0) is 61.8 Å². The summed E-state index contributed by atoms with van der Waals surface area (Å²) in [7, 11) is 0. The molecule has 0 N–H and O–H groups in total. The van der Waals surface area contributed by atoms with Gasteiger partial charge in [-0.1, -0.05) is 38.0 Å². The van der Waals surface area contributed by atoms with Gasteiger partial charge in [-0.3, -0.25) is 0 Å². The summed E-state index contributed by atoms with van der Waals surface area (Å²) in [6, 6.07) is 0. The lowest BCUT2D eigenvalue weighted by Gasteiger charge is -2.06. The second-order valence-corrected chi connectivity index (χ2v) is 9.41. The van der Waals surface area contributed by atoms with Gasteiger partial charge in [0.25, 0.3) is 0 Å². The highest BCUT2D eigenvalue weighted by Gasteiger charge is 2.25. The smallest absolute Gasteiger partial charge is 0.318 e. The normalized spacial score (nSPS) is 12.2. The van der Waals surface area contributed by atoms with Crippen LogP contribution < -0.4 is 0 Å². The SMILES string of the molecule is CCc1c(/C(C)=N\OC(C)=O)sc(-c2sc(/C(C)=N/OC(C)=O)c(CC)c2CC)c1CC. The zero-order valence-electron chi connectivity index (χ0n) is 20.2. The van der Waals surface area contributed by atoms with Crippen molar-refractivity contribution in [3.63, 3.8) is 0 Å². The maximum atomic E-state index is 11.2. The summed E-state index contributed by atoms with van der Waals surface area (Å²) in [5.41, 5.74) is 6.54. The summed E-state index contributed by atoms with van der Waals surface area (Å²) < 4.78 is 0. The molecule has 8 heteroatoms. The zero-order chi connectivity index (χ0) is 24.0. The van der Waals surface area contributed by atoms with Crippen molar-refractivity contribution in [3.8, 4) is 9.75 Å². The number of hydrogen-bond acceptors (Lipinski definition) is 8. The molecule has 0 aliphatic heterocycles. The minimum atomic E-state index is -0.429. The third-order valence-corrected chi connectivity index (χ3v) is 8.06. The molecule has 0 saturated carbocycles. The van der Waals surface area contributed by atoms with Crippen LogP contribution >= 0.6 is 22.7 Å². The van der Waals surface area contributed by atoms with E-state index in [0.29, 0.717) is 11.4 Å². The van der Waals surface area contributed by atoms with Gasteiger partial charge in [-0.2, -0.15) is 0 Å². The van der Waals surface area contributed by atoms with E-state index in [9.17, 15) is 9.59 Å². The number of thiophene rings is 2. The zero-order valence-corrected chi connectivity index (χ0v) is 21.8. The first-order valence-electron chi connectivity index (χ1n) is 10.9. The average Bonchev–Trinajstić information content (AvgIpc) is 3.32. The Kier molecular flexibility index (Phi) is 9.33. The van der Waals surface area contributed by atoms with E-state index in [1.54, 1.807) is 22.7 Å². The predicted molar refractivity (Wildman–Crippen MR) is 133 cm³/mol. The lowest BCUT2D eigenvalue weighted by atomic mass is 9.97. The fourth-order valence-electron chi connectivity index (χ4n) is 3.79. The summed E-state index contributed by atoms with van der Waals surface area (Å²) in [4.78, 5) is 36.9. The van der Waals surface area contributed by atoms with Gasteiger partial charge in [0, 0.05) is 23.6 Å². The van der Waals surface area contributed by atoms with Gasteiger partial charge in [-0.15, -0.1) is 22.7 Å². The van der Waals surface area contributed by atoms with Gasteiger partial charge in [0.05, 0.1) is 21.2 Å². The van der Waals surface area contributed by atoms with Crippen LogP contribution in [0.2, 0.25) is 0 Å². The Bertz CT molecular complexity index is 976. The molecule has 2 rings (SSSR count). The Morgan fingerprint density at radius 3 is 1.19 bits per heavy atom. The van der Waals surface area contributed by atoms with Crippen molar-refractivity contribution < 1.29 is 19.3 Å². The van der Waals surface area contributed by atoms with E-state index in [-0.39, 0.29) is 0 Å². The maximum absolute atomic E-state index is 11.2. The number of rotatable bonds is 9. The number of oxime groups is 2. The van der Waals surface area contributed by atoms with Gasteiger partial charge in [0.15, 0.2) is 0 Å². The topological polar surface area (TPSA) is 77.3 Å². The van der Waals surface area contributed by atoms with Crippen molar-refractivity contribution in [1.82, 2.24) is 0 Å². The van der Waals surface area contributed by atoms with E-state index in [0.717, 1.165) is 35.4 Å². The monoisotopic (exact) mass is 476 g/mol. The van der Waals surface area contributed by atoms with Gasteiger partial charge in [-0.25, -0.2) is 9.59 Å². The van der Waals surface area contributed by atoms with E-state index in [1.807, 2.05) is 13.8 Å². The number of hydrogen-bond donors (Lipinski definition) is 0. The molecule has 0 radical (unpaired) electrons. The highest BCUT2D eigenvalue weighted by molar-refractivity contribution is 7.24. The van der Waals surface area contributed by atoms with Crippen molar-refractivity contribution in [2.24, 2.45) is 10.3 Å². The fourth-order valence-corrected chi connectivity index (χ4v) is 6.82.